The van der Waals surface area contributed by atoms with E-state index in [-0.39, 0.29) is 10.6 Å². The topological polar surface area (TPSA) is 60.1 Å². The molecule has 0 aliphatic rings. The van der Waals surface area contributed by atoms with E-state index in [9.17, 15) is 10.1 Å². The Morgan fingerprint density at radius 2 is 1.86 bits per heavy atom. The van der Waals surface area contributed by atoms with E-state index in [2.05, 4.69) is 36.8 Å². The third-order valence-electron chi connectivity index (χ3n) is 4.12. The third kappa shape index (κ3) is 3.13. The van der Waals surface area contributed by atoms with E-state index >= 15 is 0 Å². The molecule has 0 radical (unpaired) electrons. The summed E-state index contributed by atoms with van der Waals surface area (Å²) in [6, 6.07) is 7.38. The fraction of sp³-hybridized carbons (Fsp3) is 0.375. The SMILES string of the molecule is Cc1c(CNCc2cc(C)n(C)c2C)cccc1[N+](=O)[O-]. The number of nitro groups is 1. The average molecular weight is 287 g/mol. The van der Waals surface area contributed by atoms with E-state index < -0.39 is 0 Å². The van der Waals surface area contributed by atoms with Crippen molar-refractivity contribution in [2.24, 2.45) is 7.05 Å². The third-order valence-corrected chi connectivity index (χ3v) is 4.12. The number of nitrogens with zero attached hydrogens (tertiary/aromatic N) is 2. The zero-order chi connectivity index (χ0) is 15.6. The van der Waals surface area contributed by atoms with Gasteiger partial charge in [-0.1, -0.05) is 12.1 Å². The molecule has 1 aromatic carbocycles. The van der Waals surface area contributed by atoms with Crippen LogP contribution < -0.4 is 5.32 Å². The number of aromatic nitrogens is 1. The number of rotatable bonds is 5. The van der Waals surface area contributed by atoms with Gasteiger partial charge in [-0.3, -0.25) is 10.1 Å². The standard InChI is InChI=1S/C16H21N3O2/c1-11-8-15(13(3)18(11)4)10-17-9-14-6-5-7-16(12(14)2)19(20)21/h5-8,17H,9-10H2,1-4H3. The van der Waals surface area contributed by atoms with E-state index in [1.165, 1.54) is 17.0 Å². The van der Waals surface area contributed by atoms with E-state index in [0.29, 0.717) is 6.54 Å². The van der Waals surface area contributed by atoms with Gasteiger partial charge in [0.1, 0.15) is 0 Å². The van der Waals surface area contributed by atoms with Crippen LogP contribution in [0, 0.1) is 30.9 Å². The Balaban J connectivity index is 2.05. The number of benzene rings is 1. The first-order valence-electron chi connectivity index (χ1n) is 6.97. The predicted octanol–water partition coefficient (Wildman–Crippen LogP) is 3.15. The second kappa shape index (κ2) is 6.10. The van der Waals surface area contributed by atoms with Gasteiger partial charge < -0.3 is 9.88 Å². The highest BCUT2D eigenvalue weighted by Gasteiger charge is 2.13. The summed E-state index contributed by atoms with van der Waals surface area (Å²) in [5, 5.41) is 14.3. The Labute approximate surface area is 124 Å². The molecule has 2 aromatic rings. The Bertz CT molecular complexity index is 674. The minimum absolute atomic E-state index is 0.182. The number of hydrogen-bond acceptors (Lipinski definition) is 3. The van der Waals surface area contributed by atoms with Gasteiger partial charge in [0.2, 0.25) is 0 Å². The van der Waals surface area contributed by atoms with Gasteiger partial charge in [0.25, 0.3) is 5.69 Å². The molecular weight excluding hydrogens is 266 g/mol. The Morgan fingerprint density at radius 1 is 1.19 bits per heavy atom. The lowest BCUT2D eigenvalue weighted by molar-refractivity contribution is -0.385. The summed E-state index contributed by atoms with van der Waals surface area (Å²) < 4.78 is 2.16. The summed E-state index contributed by atoms with van der Waals surface area (Å²) in [4.78, 5) is 10.6. The first-order chi connectivity index (χ1) is 9.91. The molecule has 0 saturated heterocycles. The number of nitro benzene ring substituents is 1. The van der Waals surface area contributed by atoms with E-state index in [1.807, 2.05) is 6.07 Å². The van der Waals surface area contributed by atoms with Crippen LogP contribution in [0.4, 0.5) is 5.69 Å². The van der Waals surface area contributed by atoms with Crippen molar-refractivity contribution in [1.82, 2.24) is 9.88 Å². The van der Waals surface area contributed by atoms with Gasteiger partial charge >= 0.3 is 0 Å². The quantitative estimate of drug-likeness (QED) is 0.679. The Kier molecular flexibility index (Phi) is 4.43. The van der Waals surface area contributed by atoms with Crippen molar-refractivity contribution in [2.45, 2.75) is 33.9 Å². The lowest BCUT2D eigenvalue weighted by Crippen LogP contribution is -2.14. The Morgan fingerprint density at radius 3 is 2.43 bits per heavy atom. The van der Waals surface area contributed by atoms with Crippen LogP contribution in [0.2, 0.25) is 0 Å². The highest BCUT2D eigenvalue weighted by atomic mass is 16.6. The molecule has 1 N–H and O–H groups in total. The highest BCUT2D eigenvalue weighted by molar-refractivity contribution is 5.44. The predicted molar refractivity (Wildman–Crippen MR) is 83.3 cm³/mol. The summed E-state index contributed by atoms with van der Waals surface area (Å²) in [7, 11) is 2.05. The monoisotopic (exact) mass is 287 g/mol. The van der Waals surface area contributed by atoms with Crippen LogP contribution in [0.1, 0.15) is 28.1 Å². The van der Waals surface area contributed by atoms with Gasteiger partial charge in [-0.15, -0.1) is 0 Å². The molecule has 0 amide bonds. The number of nitrogens with one attached hydrogen (secondary N) is 1. The fourth-order valence-corrected chi connectivity index (χ4v) is 2.50. The van der Waals surface area contributed by atoms with Crippen molar-refractivity contribution in [2.75, 3.05) is 0 Å². The molecule has 5 nitrogen and oxygen atoms in total. The maximum absolute atomic E-state index is 10.9. The van der Waals surface area contributed by atoms with Crippen molar-refractivity contribution in [1.29, 1.82) is 0 Å². The first-order valence-corrected chi connectivity index (χ1v) is 6.97. The second-order valence-electron chi connectivity index (χ2n) is 5.38. The largest absolute Gasteiger partial charge is 0.352 e. The lowest BCUT2D eigenvalue weighted by atomic mass is 10.1. The molecule has 0 bridgehead atoms. The maximum atomic E-state index is 10.9. The highest BCUT2D eigenvalue weighted by Crippen LogP contribution is 2.21. The molecule has 0 aliphatic heterocycles. The van der Waals surface area contributed by atoms with Crippen molar-refractivity contribution in [3.8, 4) is 0 Å². The summed E-state index contributed by atoms with van der Waals surface area (Å²) in [5.74, 6) is 0. The molecular formula is C16H21N3O2. The van der Waals surface area contributed by atoms with E-state index in [0.717, 1.165) is 17.7 Å². The van der Waals surface area contributed by atoms with E-state index in [4.69, 9.17) is 0 Å². The zero-order valence-corrected chi connectivity index (χ0v) is 12.9. The summed E-state index contributed by atoms with van der Waals surface area (Å²) in [6.45, 7) is 7.37. The summed E-state index contributed by atoms with van der Waals surface area (Å²) in [5.41, 5.74) is 5.62. The minimum atomic E-state index is -0.330. The van der Waals surface area contributed by atoms with Gasteiger partial charge in [-0.2, -0.15) is 0 Å². The summed E-state index contributed by atoms with van der Waals surface area (Å²) in [6.07, 6.45) is 0. The molecule has 1 aromatic heterocycles. The van der Waals surface area contributed by atoms with Gasteiger partial charge in [0.15, 0.2) is 0 Å². The van der Waals surface area contributed by atoms with Crippen LogP contribution in [0.25, 0.3) is 0 Å². The molecule has 0 spiro atoms. The molecule has 5 heteroatoms. The normalized spacial score (nSPS) is 10.9. The van der Waals surface area contributed by atoms with Gasteiger partial charge in [-0.05, 0) is 38.0 Å². The Hall–Kier alpha value is -2.14. The lowest BCUT2D eigenvalue weighted by Gasteiger charge is -2.08. The van der Waals surface area contributed by atoms with Gasteiger partial charge in [0.05, 0.1) is 4.92 Å². The van der Waals surface area contributed by atoms with Crippen molar-refractivity contribution in [3.63, 3.8) is 0 Å². The van der Waals surface area contributed by atoms with Crippen molar-refractivity contribution < 1.29 is 4.92 Å². The average Bonchev–Trinajstić information content (AvgIpc) is 2.68. The molecule has 0 fully saturated rings. The number of aryl methyl sites for hydroxylation is 1. The molecule has 2 rings (SSSR count). The van der Waals surface area contributed by atoms with Gasteiger partial charge in [0, 0.05) is 43.2 Å². The van der Waals surface area contributed by atoms with Gasteiger partial charge in [-0.25, -0.2) is 0 Å². The molecule has 0 aliphatic carbocycles. The van der Waals surface area contributed by atoms with Crippen LogP contribution in [0.3, 0.4) is 0 Å². The fourth-order valence-electron chi connectivity index (χ4n) is 2.50. The molecule has 0 saturated carbocycles. The smallest absolute Gasteiger partial charge is 0.272 e. The first kappa shape index (κ1) is 15.3. The van der Waals surface area contributed by atoms with Crippen LogP contribution >= 0.6 is 0 Å². The van der Waals surface area contributed by atoms with Crippen LogP contribution in [0.15, 0.2) is 24.3 Å². The molecule has 0 atom stereocenters. The number of hydrogen-bond donors (Lipinski definition) is 1. The minimum Gasteiger partial charge on any atom is -0.352 e. The van der Waals surface area contributed by atoms with Crippen LogP contribution in [-0.2, 0) is 20.1 Å². The zero-order valence-electron chi connectivity index (χ0n) is 12.9. The van der Waals surface area contributed by atoms with Crippen LogP contribution in [-0.4, -0.2) is 9.49 Å². The van der Waals surface area contributed by atoms with Crippen LogP contribution in [0.5, 0.6) is 0 Å². The maximum Gasteiger partial charge on any atom is 0.272 e. The molecule has 1 heterocycles. The van der Waals surface area contributed by atoms with Crippen molar-refractivity contribution in [3.05, 3.63) is 62.5 Å². The summed E-state index contributed by atoms with van der Waals surface area (Å²) >= 11 is 0. The molecule has 112 valence electrons. The van der Waals surface area contributed by atoms with Crippen molar-refractivity contribution >= 4 is 5.69 Å². The molecule has 21 heavy (non-hydrogen) atoms. The van der Waals surface area contributed by atoms with E-state index in [1.54, 1.807) is 19.1 Å². The molecule has 0 unspecified atom stereocenters. The second-order valence-corrected chi connectivity index (χ2v) is 5.38.